The number of nitrogens with zero attached hydrogens (tertiary/aromatic N) is 4. The molecule has 2 amide bonds. The Morgan fingerprint density at radius 1 is 1.53 bits per heavy atom. The molecule has 2 heterocycles. The average molecular weight is 264 g/mol. The van der Waals surface area contributed by atoms with E-state index in [4.69, 9.17) is 0 Å². The van der Waals surface area contributed by atoms with E-state index in [9.17, 15) is 4.79 Å². The van der Waals surface area contributed by atoms with Crippen LogP contribution >= 0.6 is 0 Å². The number of aromatic nitrogens is 6. The lowest BCUT2D eigenvalue weighted by molar-refractivity contribution is 0.235. The van der Waals surface area contributed by atoms with E-state index in [1.54, 1.807) is 6.20 Å². The fourth-order valence-electron chi connectivity index (χ4n) is 1.60. The summed E-state index contributed by atoms with van der Waals surface area (Å²) in [7, 11) is 0. The normalized spacial score (nSPS) is 12.1. The molecule has 0 aliphatic carbocycles. The Hall–Kier alpha value is -2.45. The first-order valence-electron chi connectivity index (χ1n) is 5.97. The van der Waals surface area contributed by atoms with Crippen LogP contribution in [0.15, 0.2) is 6.20 Å². The molecule has 2 aromatic heterocycles. The minimum Gasteiger partial charge on any atom is -0.344 e. The summed E-state index contributed by atoms with van der Waals surface area (Å²) >= 11 is 0. The Bertz CT molecular complexity index is 519. The predicted octanol–water partition coefficient (Wildman–Crippen LogP) is 0.182. The molecule has 0 spiro atoms. The predicted molar refractivity (Wildman–Crippen MR) is 65.9 cm³/mol. The van der Waals surface area contributed by atoms with Crippen molar-refractivity contribution < 1.29 is 4.79 Å². The van der Waals surface area contributed by atoms with E-state index >= 15 is 0 Å². The van der Waals surface area contributed by atoms with Crippen molar-refractivity contribution in [2.45, 2.75) is 32.9 Å². The third kappa shape index (κ3) is 3.50. The van der Waals surface area contributed by atoms with Gasteiger partial charge in [-0.25, -0.2) is 9.78 Å². The zero-order chi connectivity index (χ0) is 13.7. The van der Waals surface area contributed by atoms with Crippen molar-refractivity contribution in [3.8, 4) is 0 Å². The third-order valence-corrected chi connectivity index (χ3v) is 2.56. The van der Waals surface area contributed by atoms with Crippen LogP contribution in [0.2, 0.25) is 0 Å². The van der Waals surface area contributed by atoms with Crippen LogP contribution in [-0.2, 0) is 6.54 Å². The van der Waals surface area contributed by atoms with Crippen molar-refractivity contribution in [1.82, 2.24) is 41.2 Å². The van der Waals surface area contributed by atoms with Gasteiger partial charge in [0.2, 0.25) is 0 Å². The van der Waals surface area contributed by atoms with Crippen molar-refractivity contribution in [2.24, 2.45) is 0 Å². The molecule has 102 valence electrons. The summed E-state index contributed by atoms with van der Waals surface area (Å²) in [5.41, 5.74) is 0.961. The van der Waals surface area contributed by atoms with Gasteiger partial charge < -0.3 is 15.6 Å². The molecule has 0 saturated heterocycles. The molecule has 0 fully saturated rings. The Labute approximate surface area is 109 Å². The number of imidazole rings is 1. The highest BCUT2D eigenvalue weighted by Crippen LogP contribution is 2.12. The molecule has 9 heteroatoms. The van der Waals surface area contributed by atoms with Crippen LogP contribution < -0.4 is 10.6 Å². The minimum absolute atomic E-state index is 0.154. The van der Waals surface area contributed by atoms with Crippen molar-refractivity contribution in [1.29, 1.82) is 0 Å². The number of tetrazole rings is 1. The number of rotatable bonds is 5. The van der Waals surface area contributed by atoms with Crippen molar-refractivity contribution in [3.05, 3.63) is 23.5 Å². The number of hydrogen-bond acceptors (Lipinski definition) is 5. The largest absolute Gasteiger partial charge is 0.344 e. The van der Waals surface area contributed by atoms with Crippen LogP contribution in [0, 0.1) is 6.92 Å². The topological polar surface area (TPSA) is 124 Å². The Kier molecular flexibility index (Phi) is 4.06. The van der Waals surface area contributed by atoms with Gasteiger partial charge in [-0.15, -0.1) is 10.2 Å². The first-order chi connectivity index (χ1) is 9.19. The summed E-state index contributed by atoms with van der Waals surface area (Å²) in [5, 5.41) is 18.7. The lowest BCUT2D eigenvalue weighted by atomic mass is 10.2. The van der Waals surface area contributed by atoms with Gasteiger partial charge in [0.15, 0.2) is 5.82 Å². The van der Waals surface area contributed by atoms with Gasteiger partial charge in [-0.05, 0) is 13.3 Å². The fourth-order valence-corrected chi connectivity index (χ4v) is 1.60. The summed E-state index contributed by atoms with van der Waals surface area (Å²) < 4.78 is 0. The summed E-state index contributed by atoms with van der Waals surface area (Å²) in [4.78, 5) is 19.1. The second kappa shape index (κ2) is 5.94. The van der Waals surface area contributed by atoms with Gasteiger partial charge in [0.25, 0.3) is 0 Å². The molecule has 0 aliphatic rings. The Morgan fingerprint density at radius 3 is 2.95 bits per heavy atom. The molecular weight excluding hydrogens is 248 g/mol. The Balaban J connectivity index is 1.86. The molecule has 0 radical (unpaired) electrons. The number of urea groups is 1. The third-order valence-electron chi connectivity index (χ3n) is 2.56. The highest BCUT2D eigenvalue weighted by Gasteiger charge is 2.15. The number of aryl methyl sites for hydroxylation is 1. The number of aromatic amines is 2. The van der Waals surface area contributed by atoms with Gasteiger partial charge in [0.1, 0.15) is 5.82 Å². The van der Waals surface area contributed by atoms with Crippen LogP contribution in [0.1, 0.15) is 36.7 Å². The summed E-state index contributed by atoms with van der Waals surface area (Å²) in [6.07, 6.45) is 2.47. The first-order valence-corrected chi connectivity index (χ1v) is 5.97. The highest BCUT2D eigenvalue weighted by molar-refractivity contribution is 5.74. The minimum atomic E-state index is -0.300. The van der Waals surface area contributed by atoms with Gasteiger partial charge in [-0.1, -0.05) is 12.1 Å². The van der Waals surface area contributed by atoms with Gasteiger partial charge in [0, 0.05) is 11.9 Å². The molecular formula is C10H16N8O. The van der Waals surface area contributed by atoms with E-state index in [1.165, 1.54) is 0 Å². The lowest BCUT2D eigenvalue weighted by Gasteiger charge is -2.14. The number of amides is 2. The highest BCUT2D eigenvalue weighted by atomic mass is 16.2. The molecule has 9 nitrogen and oxygen atoms in total. The molecule has 0 unspecified atom stereocenters. The second-order valence-corrected chi connectivity index (χ2v) is 4.07. The van der Waals surface area contributed by atoms with Crippen molar-refractivity contribution >= 4 is 6.03 Å². The SMILES string of the molecule is CC[C@@H](NC(=O)NCc1nn[nH]n1)c1ncc(C)[nH]1. The van der Waals surface area contributed by atoms with Gasteiger partial charge in [0.05, 0.1) is 12.6 Å². The zero-order valence-corrected chi connectivity index (χ0v) is 10.8. The van der Waals surface area contributed by atoms with E-state index in [1.807, 2.05) is 13.8 Å². The van der Waals surface area contributed by atoms with Gasteiger partial charge in [-0.2, -0.15) is 5.21 Å². The van der Waals surface area contributed by atoms with E-state index in [0.717, 1.165) is 17.9 Å². The van der Waals surface area contributed by atoms with Crippen molar-refractivity contribution in [2.75, 3.05) is 0 Å². The number of hydrogen-bond donors (Lipinski definition) is 4. The number of nitrogens with one attached hydrogen (secondary N) is 4. The summed E-state index contributed by atoms with van der Waals surface area (Å²) in [5.74, 6) is 1.17. The van der Waals surface area contributed by atoms with Crippen LogP contribution in [-0.4, -0.2) is 36.6 Å². The van der Waals surface area contributed by atoms with E-state index < -0.39 is 0 Å². The molecule has 0 aliphatic heterocycles. The number of carbonyl (C=O) groups excluding carboxylic acids is 1. The maximum absolute atomic E-state index is 11.7. The van der Waals surface area contributed by atoms with Crippen molar-refractivity contribution in [3.63, 3.8) is 0 Å². The molecule has 2 aromatic rings. The van der Waals surface area contributed by atoms with Gasteiger partial charge in [-0.3, -0.25) is 0 Å². The smallest absolute Gasteiger partial charge is 0.315 e. The zero-order valence-electron chi connectivity index (χ0n) is 10.8. The summed E-state index contributed by atoms with van der Waals surface area (Å²) in [6, 6.07) is -0.454. The van der Waals surface area contributed by atoms with Crippen LogP contribution in [0.4, 0.5) is 4.79 Å². The molecule has 0 bridgehead atoms. The molecule has 2 rings (SSSR count). The lowest BCUT2D eigenvalue weighted by Crippen LogP contribution is -2.38. The first kappa shape index (κ1) is 13.0. The number of H-pyrrole nitrogens is 2. The summed E-state index contributed by atoms with van der Waals surface area (Å²) in [6.45, 7) is 4.11. The second-order valence-electron chi connectivity index (χ2n) is 4.07. The van der Waals surface area contributed by atoms with Crippen LogP contribution in [0.3, 0.4) is 0 Å². The standard InChI is InChI=1S/C10H16N8O/c1-3-7(9-11-4-6(2)13-9)14-10(19)12-5-8-15-17-18-16-8/h4,7H,3,5H2,1-2H3,(H,11,13)(H2,12,14,19)(H,15,16,17,18)/t7-/m1/s1. The van der Waals surface area contributed by atoms with E-state index in [2.05, 4.69) is 41.2 Å². The fraction of sp³-hybridized carbons (Fsp3) is 0.500. The maximum Gasteiger partial charge on any atom is 0.315 e. The average Bonchev–Trinajstić information content (AvgIpc) is 3.04. The molecule has 4 N–H and O–H groups in total. The van der Waals surface area contributed by atoms with Crippen LogP contribution in [0.5, 0.6) is 0 Å². The number of carbonyl (C=O) groups is 1. The molecule has 0 saturated carbocycles. The van der Waals surface area contributed by atoms with Crippen LogP contribution in [0.25, 0.3) is 0 Å². The van der Waals surface area contributed by atoms with Gasteiger partial charge >= 0.3 is 6.03 Å². The molecule has 19 heavy (non-hydrogen) atoms. The monoisotopic (exact) mass is 264 g/mol. The molecule has 1 atom stereocenters. The Morgan fingerprint density at radius 2 is 2.37 bits per heavy atom. The molecule has 0 aromatic carbocycles. The maximum atomic E-state index is 11.7. The quantitative estimate of drug-likeness (QED) is 0.613. The van der Waals surface area contributed by atoms with E-state index in [0.29, 0.717) is 5.82 Å². The van der Waals surface area contributed by atoms with E-state index in [-0.39, 0.29) is 18.6 Å².